The Kier molecular flexibility index (Phi) is 10.0. The van der Waals surface area contributed by atoms with Crippen LogP contribution in [0, 0.1) is 23.7 Å². The average molecular weight is 463 g/mol. The number of carbonyl (C=O) groups is 2. The summed E-state index contributed by atoms with van der Waals surface area (Å²) < 4.78 is 0. The van der Waals surface area contributed by atoms with Crippen molar-refractivity contribution in [3.8, 4) is 0 Å². The molecule has 1 saturated carbocycles. The first-order chi connectivity index (χ1) is 15.8. The summed E-state index contributed by atoms with van der Waals surface area (Å²) in [5.74, 6) is 2.69. The van der Waals surface area contributed by atoms with Gasteiger partial charge >= 0.3 is 0 Å². The van der Waals surface area contributed by atoms with Crippen molar-refractivity contribution in [2.75, 3.05) is 59.4 Å². The zero-order valence-corrected chi connectivity index (χ0v) is 22.1. The van der Waals surface area contributed by atoms with Crippen LogP contribution in [0.5, 0.6) is 0 Å². The summed E-state index contributed by atoms with van der Waals surface area (Å²) >= 11 is 0. The van der Waals surface area contributed by atoms with Crippen LogP contribution in [-0.2, 0) is 9.59 Å². The highest BCUT2D eigenvalue weighted by atomic mass is 16.2. The molecule has 0 spiro atoms. The van der Waals surface area contributed by atoms with Gasteiger partial charge in [-0.2, -0.15) is 0 Å². The minimum Gasteiger partial charge on any atom is -0.342 e. The molecular formula is C27H50N4O2. The van der Waals surface area contributed by atoms with Crippen molar-refractivity contribution < 1.29 is 9.59 Å². The van der Waals surface area contributed by atoms with Crippen LogP contribution in [0.15, 0.2) is 0 Å². The number of hydrogen-bond acceptors (Lipinski definition) is 4. The van der Waals surface area contributed by atoms with E-state index in [2.05, 4.69) is 35.6 Å². The van der Waals surface area contributed by atoms with Gasteiger partial charge in [0.05, 0.1) is 0 Å². The number of nitrogens with zero attached hydrogens (tertiary/aromatic N) is 4. The van der Waals surface area contributed by atoms with Crippen molar-refractivity contribution in [2.24, 2.45) is 23.7 Å². The Labute approximate surface area is 203 Å². The maximum Gasteiger partial charge on any atom is 0.225 e. The van der Waals surface area contributed by atoms with Crippen molar-refractivity contribution in [3.63, 3.8) is 0 Å². The molecule has 0 radical (unpaired) electrons. The molecule has 3 rings (SSSR count). The monoisotopic (exact) mass is 462 g/mol. The molecule has 3 fully saturated rings. The lowest BCUT2D eigenvalue weighted by Crippen LogP contribution is -2.51. The SMILES string of the molecule is CC(C)C(=O)N1CCC(N(C)CCCN2CCN(C(=O)C3CCC(C(C)C)CC3)CC2)CC1. The van der Waals surface area contributed by atoms with E-state index < -0.39 is 0 Å². The highest BCUT2D eigenvalue weighted by Crippen LogP contribution is 2.34. The number of likely N-dealkylation sites (tertiary alicyclic amines) is 1. The first-order valence-corrected chi connectivity index (χ1v) is 13.8. The fourth-order valence-corrected chi connectivity index (χ4v) is 6.10. The summed E-state index contributed by atoms with van der Waals surface area (Å²) in [6.07, 6.45) is 8.01. The largest absolute Gasteiger partial charge is 0.342 e. The van der Waals surface area contributed by atoms with E-state index in [9.17, 15) is 9.59 Å². The molecule has 2 aliphatic heterocycles. The Bertz CT molecular complexity index is 614. The maximum atomic E-state index is 13.0. The third-order valence-electron chi connectivity index (χ3n) is 8.63. The fraction of sp³-hybridized carbons (Fsp3) is 0.926. The van der Waals surface area contributed by atoms with Gasteiger partial charge in [-0.1, -0.05) is 27.7 Å². The Morgan fingerprint density at radius 1 is 0.818 bits per heavy atom. The molecule has 2 heterocycles. The number of piperidine rings is 1. The van der Waals surface area contributed by atoms with Crippen LogP contribution in [0.4, 0.5) is 0 Å². The first kappa shape index (κ1) is 26.5. The maximum absolute atomic E-state index is 13.0. The lowest BCUT2D eigenvalue weighted by molar-refractivity contribution is -0.139. The Morgan fingerprint density at radius 3 is 1.97 bits per heavy atom. The number of hydrogen-bond donors (Lipinski definition) is 0. The molecular weight excluding hydrogens is 412 g/mol. The predicted octanol–water partition coefficient (Wildman–Crippen LogP) is 3.56. The number of rotatable bonds is 8. The molecule has 0 unspecified atom stereocenters. The minimum atomic E-state index is 0.106. The molecule has 3 aliphatic rings. The van der Waals surface area contributed by atoms with E-state index in [4.69, 9.17) is 0 Å². The van der Waals surface area contributed by atoms with Crippen molar-refractivity contribution in [1.29, 1.82) is 0 Å². The number of piperazine rings is 1. The van der Waals surface area contributed by atoms with E-state index >= 15 is 0 Å². The molecule has 2 saturated heterocycles. The smallest absolute Gasteiger partial charge is 0.225 e. The minimum absolute atomic E-state index is 0.106. The van der Waals surface area contributed by atoms with Gasteiger partial charge in [0.15, 0.2) is 0 Å². The summed E-state index contributed by atoms with van der Waals surface area (Å²) in [6, 6.07) is 0.599. The summed E-state index contributed by atoms with van der Waals surface area (Å²) in [7, 11) is 2.25. The van der Waals surface area contributed by atoms with Gasteiger partial charge in [0.25, 0.3) is 0 Å². The predicted molar refractivity (Wildman–Crippen MR) is 135 cm³/mol. The standard InChI is InChI=1S/C27H50N4O2/c1-21(2)23-7-9-24(10-8-23)27(33)31-19-17-29(18-20-31)14-6-13-28(5)25-11-15-30(16-12-25)26(32)22(3)4/h21-25H,6-20H2,1-5H3. The van der Waals surface area contributed by atoms with Crippen LogP contribution < -0.4 is 0 Å². The summed E-state index contributed by atoms with van der Waals surface area (Å²) in [4.78, 5) is 34.4. The summed E-state index contributed by atoms with van der Waals surface area (Å²) in [5.41, 5.74) is 0. The van der Waals surface area contributed by atoms with E-state index in [1.807, 2.05) is 18.7 Å². The fourth-order valence-electron chi connectivity index (χ4n) is 6.10. The van der Waals surface area contributed by atoms with E-state index in [0.29, 0.717) is 17.9 Å². The van der Waals surface area contributed by atoms with E-state index in [1.54, 1.807) is 0 Å². The second-order valence-corrected chi connectivity index (χ2v) is 11.6. The van der Waals surface area contributed by atoms with Gasteiger partial charge in [0.1, 0.15) is 0 Å². The van der Waals surface area contributed by atoms with Crippen molar-refractivity contribution in [3.05, 3.63) is 0 Å². The van der Waals surface area contributed by atoms with Crippen molar-refractivity contribution in [1.82, 2.24) is 19.6 Å². The quantitative estimate of drug-likeness (QED) is 0.553. The molecule has 190 valence electrons. The highest BCUT2D eigenvalue weighted by Gasteiger charge is 2.32. The third-order valence-corrected chi connectivity index (χ3v) is 8.63. The second-order valence-electron chi connectivity index (χ2n) is 11.6. The van der Waals surface area contributed by atoms with Crippen LogP contribution >= 0.6 is 0 Å². The molecule has 0 aromatic carbocycles. The van der Waals surface area contributed by atoms with Crippen LogP contribution in [-0.4, -0.2) is 96.9 Å². The molecule has 1 aliphatic carbocycles. The van der Waals surface area contributed by atoms with Gasteiger partial charge < -0.3 is 14.7 Å². The first-order valence-electron chi connectivity index (χ1n) is 13.8. The van der Waals surface area contributed by atoms with Gasteiger partial charge in [-0.15, -0.1) is 0 Å². The van der Waals surface area contributed by atoms with Crippen LogP contribution in [0.2, 0.25) is 0 Å². The lowest BCUT2D eigenvalue weighted by Gasteiger charge is -2.39. The molecule has 0 aromatic rings. The normalized spacial score (nSPS) is 25.9. The van der Waals surface area contributed by atoms with Gasteiger partial charge in [0, 0.05) is 57.1 Å². The molecule has 0 aromatic heterocycles. The van der Waals surface area contributed by atoms with E-state index in [0.717, 1.165) is 89.9 Å². The van der Waals surface area contributed by atoms with Gasteiger partial charge in [0.2, 0.25) is 11.8 Å². The van der Waals surface area contributed by atoms with E-state index in [-0.39, 0.29) is 11.8 Å². The zero-order chi connectivity index (χ0) is 24.0. The molecule has 0 atom stereocenters. The summed E-state index contributed by atoms with van der Waals surface area (Å²) in [6.45, 7) is 16.5. The third kappa shape index (κ3) is 7.42. The summed E-state index contributed by atoms with van der Waals surface area (Å²) in [5, 5.41) is 0. The molecule has 0 bridgehead atoms. The second kappa shape index (κ2) is 12.5. The lowest BCUT2D eigenvalue weighted by atomic mass is 9.76. The van der Waals surface area contributed by atoms with Gasteiger partial charge in [-0.3, -0.25) is 14.5 Å². The number of carbonyl (C=O) groups excluding carboxylic acids is 2. The topological polar surface area (TPSA) is 47.1 Å². The molecule has 33 heavy (non-hydrogen) atoms. The van der Waals surface area contributed by atoms with Crippen LogP contribution in [0.1, 0.15) is 72.6 Å². The van der Waals surface area contributed by atoms with Crippen molar-refractivity contribution >= 4 is 11.8 Å². The molecule has 0 N–H and O–H groups in total. The number of amides is 2. The highest BCUT2D eigenvalue weighted by molar-refractivity contribution is 5.79. The van der Waals surface area contributed by atoms with Crippen LogP contribution in [0.25, 0.3) is 0 Å². The van der Waals surface area contributed by atoms with Crippen LogP contribution in [0.3, 0.4) is 0 Å². The van der Waals surface area contributed by atoms with Gasteiger partial charge in [-0.25, -0.2) is 0 Å². The van der Waals surface area contributed by atoms with E-state index in [1.165, 1.54) is 19.3 Å². The molecule has 6 heteroatoms. The Hall–Kier alpha value is -1.14. The average Bonchev–Trinajstić information content (AvgIpc) is 2.83. The molecule has 6 nitrogen and oxygen atoms in total. The zero-order valence-electron chi connectivity index (χ0n) is 22.1. The Morgan fingerprint density at radius 2 is 1.42 bits per heavy atom. The van der Waals surface area contributed by atoms with Gasteiger partial charge in [-0.05, 0) is 76.9 Å². The van der Waals surface area contributed by atoms with Crippen molar-refractivity contribution in [2.45, 2.75) is 78.7 Å². The Balaban J connectivity index is 1.29. The molecule has 2 amide bonds.